The number of hydrogen-bond donors (Lipinski definition) is 1. The zero-order chi connectivity index (χ0) is 20.9. The number of carbonyl (C=O) groups is 1. The van der Waals surface area contributed by atoms with Crippen molar-refractivity contribution in [2.75, 3.05) is 31.1 Å². The van der Waals surface area contributed by atoms with Crippen molar-refractivity contribution in [3.05, 3.63) is 47.3 Å². The summed E-state index contributed by atoms with van der Waals surface area (Å²) in [6.45, 7) is 7.46. The van der Waals surface area contributed by atoms with E-state index in [1.165, 1.54) is 21.3 Å². The first kappa shape index (κ1) is 21.8. The van der Waals surface area contributed by atoms with Gasteiger partial charge < -0.3 is 10.2 Å². The van der Waals surface area contributed by atoms with E-state index in [-0.39, 0.29) is 11.8 Å². The second-order valence-electron chi connectivity index (χ2n) is 7.17. The molecule has 1 aliphatic rings. The number of thiophene rings is 1. The molecule has 158 valence electrons. The van der Waals surface area contributed by atoms with Gasteiger partial charge in [-0.3, -0.25) is 4.79 Å². The maximum absolute atomic E-state index is 12.6. The molecule has 6 nitrogen and oxygen atoms in total. The van der Waals surface area contributed by atoms with Gasteiger partial charge in [0.15, 0.2) is 0 Å². The van der Waals surface area contributed by atoms with Gasteiger partial charge in [-0.15, -0.1) is 11.3 Å². The van der Waals surface area contributed by atoms with Crippen molar-refractivity contribution in [1.82, 2.24) is 9.62 Å². The monoisotopic (exact) mass is 435 g/mol. The molecule has 1 saturated heterocycles. The van der Waals surface area contributed by atoms with Crippen molar-refractivity contribution in [3.8, 4) is 0 Å². The number of anilines is 1. The van der Waals surface area contributed by atoms with Gasteiger partial charge in [-0.1, -0.05) is 18.2 Å². The molecule has 0 unspecified atom stereocenters. The number of piperidine rings is 1. The van der Waals surface area contributed by atoms with E-state index in [2.05, 4.69) is 36.2 Å². The molecule has 3 rings (SSSR count). The fraction of sp³-hybridized carbons (Fsp3) is 0.476. The topological polar surface area (TPSA) is 69.7 Å². The molecule has 1 aliphatic heterocycles. The Bertz CT molecular complexity index is 884. The van der Waals surface area contributed by atoms with Crippen LogP contribution in [-0.4, -0.2) is 44.8 Å². The van der Waals surface area contributed by atoms with Crippen molar-refractivity contribution in [3.63, 3.8) is 0 Å². The number of sulfonamides is 1. The molecule has 0 bridgehead atoms. The minimum atomic E-state index is -3.42. The summed E-state index contributed by atoms with van der Waals surface area (Å²) >= 11 is 1.23. The van der Waals surface area contributed by atoms with Crippen LogP contribution in [0.15, 0.2) is 46.0 Å². The van der Waals surface area contributed by atoms with Crippen molar-refractivity contribution in [1.29, 1.82) is 0 Å². The van der Waals surface area contributed by atoms with Crippen LogP contribution in [0.5, 0.6) is 0 Å². The highest BCUT2D eigenvalue weighted by Gasteiger charge is 2.32. The largest absolute Gasteiger partial charge is 0.372 e. The summed E-state index contributed by atoms with van der Waals surface area (Å²) in [6, 6.07) is 11.6. The Kier molecular flexibility index (Phi) is 7.32. The van der Waals surface area contributed by atoms with E-state index in [4.69, 9.17) is 0 Å². The number of rotatable bonds is 8. The average Bonchev–Trinajstić information content (AvgIpc) is 3.30. The van der Waals surface area contributed by atoms with Gasteiger partial charge in [0.25, 0.3) is 10.0 Å². The second-order valence-corrected chi connectivity index (χ2v) is 10.3. The van der Waals surface area contributed by atoms with Crippen LogP contribution in [0.25, 0.3) is 0 Å². The number of carbonyl (C=O) groups excluding carboxylic acids is 1. The summed E-state index contributed by atoms with van der Waals surface area (Å²) in [7, 11) is -3.42. The van der Waals surface area contributed by atoms with E-state index in [0.29, 0.717) is 36.7 Å². The van der Waals surface area contributed by atoms with E-state index >= 15 is 0 Å². The second kappa shape index (κ2) is 9.73. The normalized spacial score (nSPS) is 15.9. The molecule has 1 fully saturated rings. The zero-order valence-corrected chi connectivity index (χ0v) is 18.6. The molecule has 1 amide bonds. The zero-order valence-electron chi connectivity index (χ0n) is 17.0. The molecule has 0 aliphatic carbocycles. The molecular weight excluding hydrogens is 406 g/mol. The lowest BCUT2D eigenvalue weighted by Crippen LogP contribution is -2.42. The Morgan fingerprint density at radius 1 is 1.14 bits per heavy atom. The van der Waals surface area contributed by atoms with Crippen molar-refractivity contribution < 1.29 is 13.2 Å². The van der Waals surface area contributed by atoms with E-state index in [1.807, 2.05) is 12.1 Å². The Balaban J connectivity index is 1.49. The Morgan fingerprint density at radius 2 is 1.79 bits per heavy atom. The highest BCUT2D eigenvalue weighted by atomic mass is 32.2. The minimum absolute atomic E-state index is 0.00555. The SMILES string of the molecule is CCN(CC)c1ccc(CNC(=O)C2CCN(S(=O)(=O)c3cccs3)CC2)cc1. The van der Waals surface area contributed by atoms with Gasteiger partial charge in [0.1, 0.15) is 4.21 Å². The predicted molar refractivity (Wildman–Crippen MR) is 118 cm³/mol. The van der Waals surface area contributed by atoms with Gasteiger partial charge >= 0.3 is 0 Å². The smallest absolute Gasteiger partial charge is 0.252 e. The molecule has 0 spiro atoms. The van der Waals surface area contributed by atoms with Crippen LogP contribution in [0.4, 0.5) is 5.69 Å². The first-order valence-electron chi connectivity index (χ1n) is 10.1. The highest BCUT2D eigenvalue weighted by Crippen LogP contribution is 2.26. The maximum Gasteiger partial charge on any atom is 0.252 e. The van der Waals surface area contributed by atoms with Gasteiger partial charge in [-0.2, -0.15) is 4.31 Å². The van der Waals surface area contributed by atoms with E-state index < -0.39 is 10.0 Å². The van der Waals surface area contributed by atoms with Gasteiger partial charge in [0.05, 0.1) is 0 Å². The third-order valence-corrected chi connectivity index (χ3v) is 8.72. The van der Waals surface area contributed by atoms with Crippen LogP contribution in [0.1, 0.15) is 32.3 Å². The molecule has 1 N–H and O–H groups in total. The van der Waals surface area contributed by atoms with E-state index in [9.17, 15) is 13.2 Å². The fourth-order valence-corrected chi connectivity index (χ4v) is 6.26. The fourth-order valence-electron chi connectivity index (χ4n) is 3.64. The van der Waals surface area contributed by atoms with Crippen LogP contribution in [-0.2, 0) is 21.4 Å². The molecule has 2 heterocycles. The third-order valence-electron chi connectivity index (χ3n) is 5.45. The Labute approximate surface area is 177 Å². The van der Waals surface area contributed by atoms with Gasteiger partial charge in [0, 0.05) is 44.3 Å². The Morgan fingerprint density at radius 3 is 2.34 bits per heavy atom. The van der Waals surface area contributed by atoms with Crippen LogP contribution >= 0.6 is 11.3 Å². The van der Waals surface area contributed by atoms with Crippen LogP contribution < -0.4 is 10.2 Å². The van der Waals surface area contributed by atoms with Gasteiger partial charge in [-0.05, 0) is 55.8 Å². The van der Waals surface area contributed by atoms with Gasteiger partial charge in [-0.25, -0.2) is 8.42 Å². The van der Waals surface area contributed by atoms with Crippen molar-refractivity contribution in [2.24, 2.45) is 5.92 Å². The summed E-state index contributed by atoms with van der Waals surface area (Å²) in [5, 5.41) is 4.77. The first-order chi connectivity index (χ1) is 14.0. The summed E-state index contributed by atoms with van der Waals surface area (Å²) in [5.74, 6) is -0.134. The molecule has 0 radical (unpaired) electrons. The lowest BCUT2D eigenvalue weighted by atomic mass is 9.97. The van der Waals surface area contributed by atoms with Crippen LogP contribution in [0.2, 0.25) is 0 Å². The number of nitrogens with one attached hydrogen (secondary N) is 1. The lowest BCUT2D eigenvalue weighted by Gasteiger charge is -2.30. The number of nitrogens with zero attached hydrogens (tertiary/aromatic N) is 2. The molecule has 29 heavy (non-hydrogen) atoms. The van der Waals surface area contributed by atoms with E-state index in [0.717, 1.165) is 18.7 Å². The quantitative estimate of drug-likeness (QED) is 0.691. The van der Waals surface area contributed by atoms with Crippen molar-refractivity contribution >= 4 is 33.0 Å². The maximum atomic E-state index is 12.6. The average molecular weight is 436 g/mol. The third kappa shape index (κ3) is 5.18. The van der Waals surface area contributed by atoms with Crippen molar-refractivity contribution in [2.45, 2.75) is 37.4 Å². The minimum Gasteiger partial charge on any atom is -0.372 e. The summed E-state index contributed by atoms with van der Waals surface area (Å²) in [4.78, 5) is 14.8. The molecule has 0 atom stereocenters. The van der Waals surface area contributed by atoms with Crippen LogP contribution in [0, 0.1) is 5.92 Å². The van der Waals surface area contributed by atoms with E-state index in [1.54, 1.807) is 17.5 Å². The number of benzene rings is 1. The molecular formula is C21H29N3O3S2. The first-order valence-corrected chi connectivity index (χ1v) is 12.4. The number of amides is 1. The predicted octanol–water partition coefficient (Wildman–Crippen LogP) is 3.31. The lowest BCUT2D eigenvalue weighted by molar-refractivity contribution is -0.126. The standard InChI is InChI=1S/C21H29N3O3S2/c1-3-23(4-2)19-9-7-17(8-10-19)16-22-21(25)18-11-13-24(14-12-18)29(26,27)20-6-5-15-28-20/h5-10,15,18H,3-4,11-14,16H2,1-2H3,(H,22,25). The molecule has 0 saturated carbocycles. The highest BCUT2D eigenvalue weighted by molar-refractivity contribution is 7.91. The summed E-state index contributed by atoms with van der Waals surface area (Å²) < 4.78 is 27.0. The Hall–Kier alpha value is -1.90. The number of hydrogen-bond acceptors (Lipinski definition) is 5. The van der Waals surface area contributed by atoms with Crippen LogP contribution in [0.3, 0.4) is 0 Å². The molecule has 1 aromatic carbocycles. The molecule has 8 heteroatoms. The molecule has 2 aromatic rings. The summed E-state index contributed by atoms with van der Waals surface area (Å²) in [5.41, 5.74) is 2.25. The molecule has 1 aromatic heterocycles. The summed E-state index contributed by atoms with van der Waals surface area (Å²) in [6.07, 6.45) is 1.11. The van der Waals surface area contributed by atoms with Gasteiger partial charge in [0.2, 0.25) is 5.91 Å².